The highest BCUT2D eigenvalue weighted by Gasteiger charge is 2.26. The number of nitrogens with zero attached hydrogens (tertiary/aromatic N) is 2. The number of fused-ring (bicyclic) bond motifs is 1. The summed E-state index contributed by atoms with van der Waals surface area (Å²) >= 11 is 0. The number of rotatable bonds is 3. The third kappa shape index (κ3) is 2.31. The summed E-state index contributed by atoms with van der Waals surface area (Å²) in [7, 11) is 4.04. The smallest absolute Gasteiger partial charge is 0.184 e. The van der Waals surface area contributed by atoms with Crippen molar-refractivity contribution < 1.29 is 4.79 Å². The standard InChI is InChI=1S/C11H18N4O/c1-15(2)4-3-10-13-8-5-7(12)6-9(16)11(8)14-10/h7H,3-6,12H2,1-2H3,(H,13,14). The van der Waals surface area contributed by atoms with E-state index in [1.54, 1.807) is 0 Å². The summed E-state index contributed by atoms with van der Waals surface area (Å²) < 4.78 is 0. The summed E-state index contributed by atoms with van der Waals surface area (Å²) in [6, 6.07) is -0.0536. The van der Waals surface area contributed by atoms with Crippen LogP contribution in [0.2, 0.25) is 0 Å². The maximum atomic E-state index is 11.7. The molecule has 5 heteroatoms. The molecule has 1 aromatic rings. The molecule has 1 aliphatic carbocycles. The number of nitrogens with two attached hydrogens (primary N) is 1. The first-order chi connectivity index (χ1) is 7.56. The van der Waals surface area contributed by atoms with Gasteiger partial charge in [0.05, 0.1) is 0 Å². The van der Waals surface area contributed by atoms with Gasteiger partial charge < -0.3 is 15.6 Å². The van der Waals surface area contributed by atoms with Gasteiger partial charge in [-0.3, -0.25) is 4.79 Å². The minimum Gasteiger partial charge on any atom is -0.345 e. The molecule has 1 atom stereocenters. The minimum atomic E-state index is -0.0536. The molecular weight excluding hydrogens is 204 g/mol. The van der Waals surface area contributed by atoms with Crippen LogP contribution in [-0.4, -0.2) is 47.3 Å². The Kier molecular flexibility index (Phi) is 3.07. The molecule has 1 aliphatic rings. The van der Waals surface area contributed by atoms with Crippen molar-refractivity contribution in [2.45, 2.75) is 25.3 Å². The van der Waals surface area contributed by atoms with Crippen molar-refractivity contribution in [2.24, 2.45) is 5.73 Å². The van der Waals surface area contributed by atoms with E-state index in [2.05, 4.69) is 14.9 Å². The number of H-pyrrole nitrogens is 1. The predicted molar refractivity (Wildman–Crippen MR) is 61.5 cm³/mol. The second-order valence-corrected chi connectivity index (χ2v) is 4.66. The zero-order chi connectivity index (χ0) is 11.7. The molecule has 1 unspecified atom stereocenters. The molecule has 5 nitrogen and oxygen atoms in total. The largest absolute Gasteiger partial charge is 0.345 e. The summed E-state index contributed by atoms with van der Waals surface area (Å²) in [6.07, 6.45) is 1.99. The number of carbonyl (C=O) groups excluding carboxylic acids is 1. The SMILES string of the molecule is CN(C)CCc1nc2c([nH]1)CC(N)CC2=O. The van der Waals surface area contributed by atoms with Crippen LogP contribution in [0.25, 0.3) is 0 Å². The van der Waals surface area contributed by atoms with Gasteiger partial charge >= 0.3 is 0 Å². The van der Waals surface area contributed by atoms with E-state index in [4.69, 9.17) is 5.73 Å². The number of likely N-dealkylation sites (N-methyl/N-ethyl adjacent to an activating group) is 1. The zero-order valence-corrected chi connectivity index (χ0v) is 9.79. The second kappa shape index (κ2) is 4.35. The van der Waals surface area contributed by atoms with Crippen molar-refractivity contribution >= 4 is 5.78 Å². The molecule has 0 aliphatic heterocycles. The van der Waals surface area contributed by atoms with Crippen LogP contribution >= 0.6 is 0 Å². The Hall–Kier alpha value is -1.20. The van der Waals surface area contributed by atoms with Gasteiger partial charge in [-0.25, -0.2) is 4.98 Å². The molecule has 0 saturated carbocycles. The van der Waals surface area contributed by atoms with Crippen LogP contribution in [0.15, 0.2) is 0 Å². The minimum absolute atomic E-state index is 0.0536. The summed E-state index contributed by atoms with van der Waals surface area (Å²) in [5.74, 6) is 0.960. The fourth-order valence-electron chi connectivity index (χ4n) is 1.96. The van der Waals surface area contributed by atoms with E-state index in [9.17, 15) is 4.79 Å². The lowest BCUT2D eigenvalue weighted by Gasteiger charge is -2.15. The van der Waals surface area contributed by atoms with Crippen molar-refractivity contribution in [1.29, 1.82) is 0 Å². The van der Waals surface area contributed by atoms with Gasteiger partial charge in [0.15, 0.2) is 5.78 Å². The Morgan fingerprint density at radius 2 is 2.25 bits per heavy atom. The maximum Gasteiger partial charge on any atom is 0.184 e. The Balaban J connectivity index is 2.14. The molecule has 16 heavy (non-hydrogen) atoms. The fourth-order valence-corrected chi connectivity index (χ4v) is 1.96. The average Bonchev–Trinajstić information content (AvgIpc) is 2.57. The van der Waals surface area contributed by atoms with E-state index in [1.807, 2.05) is 14.1 Å². The van der Waals surface area contributed by atoms with Gasteiger partial charge in [-0.15, -0.1) is 0 Å². The monoisotopic (exact) mass is 222 g/mol. The molecule has 0 spiro atoms. The van der Waals surface area contributed by atoms with Gasteiger partial charge in [-0.2, -0.15) is 0 Å². The summed E-state index contributed by atoms with van der Waals surface area (Å²) in [5, 5.41) is 0. The molecule has 0 saturated heterocycles. The molecule has 3 N–H and O–H groups in total. The van der Waals surface area contributed by atoms with Crippen molar-refractivity contribution in [2.75, 3.05) is 20.6 Å². The quantitative estimate of drug-likeness (QED) is 0.753. The highest BCUT2D eigenvalue weighted by Crippen LogP contribution is 2.18. The number of ketones is 1. The number of aromatic nitrogens is 2. The van der Waals surface area contributed by atoms with Gasteiger partial charge in [0.25, 0.3) is 0 Å². The summed E-state index contributed by atoms with van der Waals surface area (Å²) in [5.41, 5.74) is 7.32. The van der Waals surface area contributed by atoms with Crippen molar-refractivity contribution in [1.82, 2.24) is 14.9 Å². The van der Waals surface area contributed by atoms with E-state index in [0.717, 1.165) is 30.9 Å². The number of hydrogen-bond donors (Lipinski definition) is 2. The van der Waals surface area contributed by atoms with Crippen molar-refractivity contribution in [3.63, 3.8) is 0 Å². The highest BCUT2D eigenvalue weighted by molar-refractivity contribution is 5.96. The van der Waals surface area contributed by atoms with E-state index in [1.165, 1.54) is 0 Å². The lowest BCUT2D eigenvalue weighted by molar-refractivity contribution is 0.0960. The number of carbonyl (C=O) groups is 1. The molecular formula is C11H18N4O. The zero-order valence-electron chi connectivity index (χ0n) is 9.79. The first kappa shape index (κ1) is 11.3. The number of aromatic amines is 1. The lowest BCUT2D eigenvalue weighted by Crippen LogP contribution is -2.31. The van der Waals surface area contributed by atoms with Crippen LogP contribution in [0.3, 0.4) is 0 Å². The first-order valence-corrected chi connectivity index (χ1v) is 5.57. The van der Waals surface area contributed by atoms with E-state index < -0.39 is 0 Å². The van der Waals surface area contributed by atoms with E-state index >= 15 is 0 Å². The third-order valence-corrected chi connectivity index (χ3v) is 2.80. The van der Waals surface area contributed by atoms with Gasteiger partial charge in [0.1, 0.15) is 11.5 Å². The van der Waals surface area contributed by atoms with Crippen LogP contribution < -0.4 is 5.73 Å². The number of nitrogens with one attached hydrogen (secondary N) is 1. The average molecular weight is 222 g/mol. The molecule has 0 bridgehead atoms. The normalized spacial score (nSPS) is 20.2. The molecule has 0 aromatic carbocycles. The maximum absolute atomic E-state index is 11.7. The Labute approximate surface area is 95.0 Å². The molecule has 0 fully saturated rings. The molecule has 0 radical (unpaired) electrons. The first-order valence-electron chi connectivity index (χ1n) is 5.57. The topological polar surface area (TPSA) is 75.0 Å². The molecule has 1 heterocycles. The lowest BCUT2D eigenvalue weighted by atomic mass is 9.96. The predicted octanol–water partition coefficient (Wildman–Crippen LogP) is -0.0300. The molecule has 0 amide bonds. The van der Waals surface area contributed by atoms with Gasteiger partial charge in [0, 0.05) is 37.5 Å². The van der Waals surface area contributed by atoms with Crippen molar-refractivity contribution in [3.8, 4) is 0 Å². The highest BCUT2D eigenvalue weighted by atomic mass is 16.1. The van der Waals surface area contributed by atoms with E-state index in [0.29, 0.717) is 12.1 Å². The molecule has 88 valence electrons. The second-order valence-electron chi connectivity index (χ2n) is 4.66. The van der Waals surface area contributed by atoms with Crippen LogP contribution in [0.4, 0.5) is 0 Å². The van der Waals surface area contributed by atoms with Crippen molar-refractivity contribution in [3.05, 3.63) is 17.2 Å². The number of hydrogen-bond acceptors (Lipinski definition) is 4. The molecule has 2 rings (SSSR count). The van der Waals surface area contributed by atoms with Crippen LogP contribution in [0.1, 0.15) is 28.4 Å². The summed E-state index contributed by atoms with van der Waals surface area (Å²) in [6.45, 7) is 0.923. The van der Waals surface area contributed by atoms with Crippen LogP contribution in [-0.2, 0) is 12.8 Å². The Morgan fingerprint density at radius 3 is 2.94 bits per heavy atom. The van der Waals surface area contributed by atoms with Crippen LogP contribution in [0, 0.1) is 0 Å². The van der Waals surface area contributed by atoms with E-state index in [-0.39, 0.29) is 11.8 Å². The summed E-state index contributed by atoms with van der Waals surface area (Å²) in [4.78, 5) is 21.3. The third-order valence-electron chi connectivity index (χ3n) is 2.80. The molecule has 1 aromatic heterocycles. The van der Waals surface area contributed by atoms with Gasteiger partial charge in [0.2, 0.25) is 0 Å². The fraction of sp³-hybridized carbons (Fsp3) is 0.636. The number of Topliss-reactive ketones (excluding diaryl/α,β-unsaturated/α-hetero) is 1. The van der Waals surface area contributed by atoms with Crippen LogP contribution in [0.5, 0.6) is 0 Å². The number of imidazole rings is 1. The van der Waals surface area contributed by atoms with Gasteiger partial charge in [-0.05, 0) is 14.1 Å². The van der Waals surface area contributed by atoms with Gasteiger partial charge in [-0.1, -0.05) is 0 Å². The Bertz CT molecular complexity index is 397. The Morgan fingerprint density at radius 1 is 1.50 bits per heavy atom.